The SMILES string of the molecule is CC[C@H](Oc1ccc(F)cc1)C(=O)Nc1cc([N+](=O)[O-])ccc1OC. The third-order valence-corrected chi connectivity index (χ3v) is 3.41. The molecule has 0 aromatic heterocycles. The minimum absolute atomic E-state index is 0.169. The molecule has 2 aromatic carbocycles. The average Bonchev–Trinajstić information content (AvgIpc) is 2.60. The molecule has 8 heteroatoms. The standard InChI is InChI=1S/C17H17FN2O5/c1-3-15(25-13-7-4-11(18)5-8-13)17(21)19-14-10-12(20(22)23)6-9-16(14)24-2/h4-10,15H,3H2,1-2H3,(H,19,21)/t15-/m0/s1. The molecule has 0 unspecified atom stereocenters. The molecule has 0 heterocycles. The molecule has 0 saturated heterocycles. The van der Waals surface area contributed by atoms with Crippen LogP contribution >= 0.6 is 0 Å². The molecular weight excluding hydrogens is 331 g/mol. The summed E-state index contributed by atoms with van der Waals surface area (Å²) in [6.07, 6.45) is -0.505. The maximum absolute atomic E-state index is 12.9. The summed E-state index contributed by atoms with van der Waals surface area (Å²) in [7, 11) is 1.39. The van der Waals surface area contributed by atoms with E-state index in [1.807, 2.05) is 0 Å². The quantitative estimate of drug-likeness (QED) is 0.610. The molecule has 2 rings (SSSR count). The zero-order valence-electron chi connectivity index (χ0n) is 13.7. The van der Waals surface area contributed by atoms with Gasteiger partial charge < -0.3 is 14.8 Å². The van der Waals surface area contributed by atoms with Crippen molar-refractivity contribution >= 4 is 17.3 Å². The van der Waals surface area contributed by atoms with E-state index < -0.39 is 22.8 Å². The number of carbonyl (C=O) groups is 1. The van der Waals surface area contributed by atoms with E-state index in [4.69, 9.17) is 9.47 Å². The van der Waals surface area contributed by atoms with E-state index in [9.17, 15) is 19.3 Å². The molecule has 0 radical (unpaired) electrons. The summed E-state index contributed by atoms with van der Waals surface area (Å²) in [6.45, 7) is 1.75. The number of nitrogens with one attached hydrogen (secondary N) is 1. The number of carbonyl (C=O) groups excluding carboxylic acids is 1. The van der Waals surface area contributed by atoms with Gasteiger partial charge in [-0.25, -0.2) is 4.39 Å². The number of nitrogens with zero attached hydrogens (tertiary/aromatic N) is 1. The topological polar surface area (TPSA) is 90.7 Å². The highest BCUT2D eigenvalue weighted by atomic mass is 19.1. The summed E-state index contributed by atoms with van der Waals surface area (Å²) in [4.78, 5) is 22.8. The number of nitro benzene ring substituents is 1. The number of nitro groups is 1. The number of rotatable bonds is 7. The highest BCUT2D eigenvalue weighted by molar-refractivity contribution is 5.96. The summed E-state index contributed by atoms with van der Waals surface area (Å²) in [5, 5.41) is 13.5. The van der Waals surface area contributed by atoms with Gasteiger partial charge in [0.2, 0.25) is 0 Å². The minimum atomic E-state index is -0.852. The molecule has 25 heavy (non-hydrogen) atoms. The molecular formula is C17H17FN2O5. The van der Waals surface area contributed by atoms with Crippen LogP contribution in [0.5, 0.6) is 11.5 Å². The molecule has 0 aliphatic heterocycles. The second-order valence-electron chi connectivity index (χ2n) is 5.10. The average molecular weight is 348 g/mol. The van der Waals surface area contributed by atoms with Gasteiger partial charge in [-0.2, -0.15) is 0 Å². The molecule has 0 saturated carbocycles. The van der Waals surface area contributed by atoms with Crippen LogP contribution in [-0.4, -0.2) is 24.0 Å². The number of non-ortho nitro benzene ring substituents is 1. The van der Waals surface area contributed by atoms with Crippen molar-refractivity contribution in [3.05, 3.63) is 58.4 Å². The molecule has 0 fully saturated rings. The molecule has 0 spiro atoms. The highest BCUT2D eigenvalue weighted by Gasteiger charge is 2.21. The van der Waals surface area contributed by atoms with Gasteiger partial charge in [-0.15, -0.1) is 0 Å². The number of benzene rings is 2. The van der Waals surface area contributed by atoms with Crippen LogP contribution in [0.25, 0.3) is 0 Å². The second kappa shape index (κ2) is 8.09. The first-order valence-corrected chi connectivity index (χ1v) is 7.50. The van der Waals surface area contributed by atoms with Gasteiger partial charge in [-0.3, -0.25) is 14.9 Å². The van der Waals surface area contributed by atoms with Crippen LogP contribution in [-0.2, 0) is 4.79 Å². The summed E-state index contributed by atoms with van der Waals surface area (Å²) >= 11 is 0. The van der Waals surface area contributed by atoms with Crippen LogP contribution in [0, 0.1) is 15.9 Å². The predicted octanol–water partition coefficient (Wildman–Crippen LogP) is 3.54. The summed E-state index contributed by atoms with van der Waals surface area (Å²) in [5.74, 6) is -0.276. The van der Waals surface area contributed by atoms with Gasteiger partial charge in [0.25, 0.3) is 11.6 Å². The fourth-order valence-corrected chi connectivity index (χ4v) is 2.12. The van der Waals surface area contributed by atoms with Crippen LogP contribution in [0.2, 0.25) is 0 Å². The Morgan fingerprint density at radius 2 is 1.96 bits per heavy atom. The number of methoxy groups -OCH3 is 1. The van der Waals surface area contributed by atoms with Gasteiger partial charge in [-0.05, 0) is 36.8 Å². The Labute approximate surface area is 143 Å². The van der Waals surface area contributed by atoms with Gasteiger partial charge in [-0.1, -0.05) is 6.92 Å². The van der Waals surface area contributed by atoms with Gasteiger partial charge in [0.1, 0.15) is 17.3 Å². The molecule has 1 atom stereocenters. The normalized spacial score (nSPS) is 11.5. The van der Waals surface area contributed by atoms with Crippen LogP contribution in [0.15, 0.2) is 42.5 Å². The molecule has 132 valence electrons. The maximum atomic E-state index is 12.9. The lowest BCUT2D eigenvalue weighted by Crippen LogP contribution is -2.32. The number of anilines is 1. The number of amides is 1. The van der Waals surface area contributed by atoms with Gasteiger partial charge in [0.15, 0.2) is 6.10 Å². The molecule has 1 N–H and O–H groups in total. The van der Waals surface area contributed by atoms with Crippen molar-refractivity contribution in [2.75, 3.05) is 12.4 Å². The van der Waals surface area contributed by atoms with Gasteiger partial charge in [0.05, 0.1) is 17.7 Å². The number of halogens is 1. The summed E-state index contributed by atoms with van der Waals surface area (Å²) < 4.78 is 23.6. The lowest BCUT2D eigenvalue weighted by molar-refractivity contribution is -0.384. The fraction of sp³-hybridized carbons (Fsp3) is 0.235. The Morgan fingerprint density at radius 3 is 2.52 bits per heavy atom. The first-order valence-electron chi connectivity index (χ1n) is 7.50. The Kier molecular flexibility index (Phi) is 5.89. The Balaban J connectivity index is 2.17. The smallest absolute Gasteiger partial charge is 0.271 e. The van der Waals surface area contributed by atoms with Crippen molar-refractivity contribution in [3.63, 3.8) is 0 Å². The van der Waals surface area contributed by atoms with Gasteiger partial charge in [0, 0.05) is 12.1 Å². The molecule has 7 nitrogen and oxygen atoms in total. The summed E-state index contributed by atoms with van der Waals surface area (Å²) in [6, 6.07) is 9.17. The van der Waals surface area contributed by atoms with Crippen molar-refractivity contribution in [2.24, 2.45) is 0 Å². The largest absolute Gasteiger partial charge is 0.495 e. The Hall–Kier alpha value is -3.16. The maximum Gasteiger partial charge on any atom is 0.271 e. The van der Waals surface area contributed by atoms with E-state index >= 15 is 0 Å². The number of ether oxygens (including phenoxy) is 2. The van der Waals surface area contributed by atoms with Crippen molar-refractivity contribution in [1.82, 2.24) is 0 Å². The predicted molar refractivity (Wildman–Crippen MR) is 89.4 cm³/mol. The van der Waals surface area contributed by atoms with E-state index in [1.54, 1.807) is 6.92 Å². The Morgan fingerprint density at radius 1 is 1.28 bits per heavy atom. The van der Waals surface area contributed by atoms with E-state index in [-0.39, 0.29) is 17.1 Å². The van der Waals surface area contributed by atoms with E-state index in [0.29, 0.717) is 12.2 Å². The first-order chi connectivity index (χ1) is 11.9. The molecule has 0 aliphatic carbocycles. The van der Waals surface area contributed by atoms with E-state index in [1.165, 1.54) is 49.6 Å². The lowest BCUT2D eigenvalue weighted by atomic mass is 10.2. The van der Waals surface area contributed by atoms with Crippen molar-refractivity contribution in [1.29, 1.82) is 0 Å². The number of hydrogen-bond acceptors (Lipinski definition) is 5. The van der Waals surface area contributed by atoms with E-state index in [2.05, 4.69) is 5.32 Å². The first kappa shape index (κ1) is 18.2. The number of hydrogen-bond donors (Lipinski definition) is 1. The molecule has 2 aromatic rings. The molecule has 1 amide bonds. The third-order valence-electron chi connectivity index (χ3n) is 3.41. The van der Waals surface area contributed by atoms with Crippen LogP contribution in [0.4, 0.5) is 15.8 Å². The van der Waals surface area contributed by atoms with Crippen molar-refractivity contribution in [3.8, 4) is 11.5 Å². The van der Waals surface area contributed by atoms with Crippen LogP contribution in [0.3, 0.4) is 0 Å². The van der Waals surface area contributed by atoms with Crippen molar-refractivity contribution < 1.29 is 23.6 Å². The van der Waals surface area contributed by atoms with Crippen LogP contribution in [0.1, 0.15) is 13.3 Å². The zero-order chi connectivity index (χ0) is 18.4. The third kappa shape index (κ3) is 4.66. The minimum Gasteiger partial charge on any atom is -0.495 e. The molecule has 0 aliphatic rings. The van der Waals surface area contributed by atoms with E-state index in [0.717, 1.165) is 0 Å². The second-order valence-corrected chi connectivity index (χ2v) is 5.10. The molecule has 0 bridgehead atoms. The Bertz CT molecular complexity index is 764. The highest BCUT2D eigenvalue weighted by Crippen LogP contribution is 2.29. The monoisotopic (exact) mass is 348 g/mol. The zero-order valence-corrected chi connectivity index (χ0v) is 13.7. The summed E-state index contributed by atoms with van der Waals surface area (Å²) in [5.41, 5.74) is -0.00791. The fourth-order valence-electron chi connectivity index (χ4n) is 2.12. The van der Waals surface area contributed by atoms with Crippen LogP contribution < -0.4 is 14.8 Å². The lowest BCUT2D eigenvalue weighted by Gasteiger charge is -2.18. The van der Waals surface area contributed by atoms with Crippen molar-refractivity contribution in [2.45, 2.75) is 19.4 Å². The van der Waals surface area contributed by atoms with Gasteiger partial charge >= 0.3 is 0 Å².